The summed E-state index contributed by atoms with van der Waals surface area (Å²) >= 11 is 0. The molecule has 1 N–H and O–H groups in total. The van der Waals surface area contributed by atoms with Crippen molar-refractivity contribution in [2.45, 2.75) is 56.4 Å². The maximum absolute atomic E-state index is 13.4. The molecule has 1 aliphatic heterocycles. The fourth-order valence-electron chi connectivity index (χ4n) is 4.81. The van der Waals surface area contributed by atoms with Crippen LogP contribution in [0.2, 0.25) is 0 Å². The van der Waals surface area contributed by atoms with Crippen molar-refractivity contribution in [1.29, 1.82) is 0 Å². The van der Waals surface area contributed by atoms with E-state index >= 15 is 0 Å². The molecule has 0 saturated heterocycles. The second-order valence-corrected chi connectivity index (χ2v) is 10.5. The third kappa shape index (κ3) is 4.59. The molecule has 0 bridgehead atoms. The van der Waals surface area contributed by atoms with Gasteiger partial charge < -0.3 is 14.8 Å². The summed E-state index contributed by atoms with van der Waals surface area (Å²) in [7, 11) is -3.49. The van der Waals surface area contributed by atoms with Crippen molar-refractivity contribution in [2.75, 3.05) is 26.3 Å². The van der Waals surface area contributed by atoms with E-state index in [0.717, 1.165) is 42.6 Å². The van der Waals surface area contributed by atoms with Crippen molar-refractivity contribution in [3.8, 4) is 11.5 Å². The van der Waals surface area contributed by atoms with Crippen LogP contribution in [0.1, 0.15) is 50.7 Å². The second-order valence-electron chi connectivity index (χ2n) is 8.56. The Morgan fingerprint density at radius 2 is 1.61 bits per heavy atom. The minimum atomic E-state index is -3.49. The molecule has 0 spiro atoms. The van der Waals surface area contributed by atoms with Crippen LogP contribution in [0.25, 0.3) is 0 Å². The third-order valence-electron chi connectivity index (χ3n) is 6.71. The smallest absolute Gasteiger partial charge is 0.243 e. The van der Waals surface area contributed by atoms with Gasteiger partial charge in [-0.25, -0.2) is 8.42 Å². The van der Waals surface area contributed by atoms with E-state index in [4.69, 9.17) is 9.47 Å². The average molecular weight is 473 g/mol. The van der Waals surface area contributed by atoms with E-state index in [1.807, 2.05) is 32.0 Å². The molecule has 1 amide bonds. The Balaban J connectivity index is 1.48. The monoisotopic (exact) mass is 472 g/mol. The molecule has 0 unspecified atom stereocenters. The first kappa shape index (κ1) is 23.6. The molecule has 1 heterocycles. The van der Waals surface area contributed by atoms with Gasteiger partial charge >= 0.3 is 0 Å². The highest BCUT2D eigenvalue weighted by molar-refractivity contribution is 7.89. The largest absolute Gasteiger partial charge is 0.486 e. The van der Waals surface area contributed by atoms with Crippen LogP contribution >= 0.6 is 0 Å². The first-order chi connectivity index (χ1) is 15.9. The van der Waals surface area contributed by atoms with Crippen molar-refractivity contribution in [3.05, 3.63) is 53.6 Å². The number of rotatable bonds is 8. The highest BCUT2D eigenvalue weighted by Crippen LogP contribution is 2.44. The number of carbonyl (C=O) groups is 1. The van der Waals surface area contributed by atoms with Gasteiger partial charge in [0.2, 0.25) is 15.9 Å². The van der Waals surface area contributed by atoms with Gasteiger partial charge in [-0.1, -0.05) is 44.9 Å². The van der Waals surface area contributed by atoms with Crippen molar-refractivity contribution in [3.63, 3.8) is 0 Å². The van der Waals surface area contributed by atoms with Gasteiger partial charge in [0.25, 0.3) is 0 Å². The van der Waals surface area contributed by atoms with Crippen molar-refractivity contribution in [1.82, 2.24) is 9.62 Å². The summed E-state index contributed by atoms with van der Waals surface area (Å²) in [6, 6.07) is 12.6. The summed E-state index contributed by atoms with van der Waals surface area (Å²) in [6.45, 7) is 5.90. The van der Waals surface area contributed by atoms with Crippen molar-refractivity contribution >= 4 is 15.9 Å². The van der Waals surface area contributed by atoms with E-state index in [9.17, 15) is 13.2 Å². The van der Waals surface area contributed by atoms with Crippen molar-refractivity contribution < 1.29 is 22.7 Å². The molecule has 2 aromatic carbocycles. The number of hydrogen-bond acceptors (Lipinski definition) is 5. The molecule has 2 aliphatic rings. The Labute approximate surface area is 196 Å². The van der Waals surface area contributed by atoms with Gasteiger partial charge in [0.1, 0.15) is 13.2 Å². The molecule has 7 nitrogen and oxygen atoms in total. The lowest BCUT2D eigenvalue weighted by Gasteiger charge is -2.30. The number of nitrogens with one attached hydrogen (secondary N) is 1. The quantitative estimate of drug-likeness (QED) is 0.634. The van der Waals surface area contributed by atoms with E-state index in [1.165, 1.54) is 4.31 Å². The molecule has 1 aliphatic carbocycles. The summed E-state index contributed by atoms with van der Waals surface area (Å²) < 4.78 is 38.2. The fraction of sp³-hybridized carbons (Fsp3) is 0.480. The molecule has 178 valence electrons. The number of ether oxygens (including phenoxy) is 2. The molecular weight excluding hydrogens is 440 g/mol. The van der Waals surface area contributed by atoms with Crippen LogP contribution < -0.4 is 14.8 Å². The van der Waals surface area contributed by atoms with Gasteiger partial charge in [0, 0.05) is 19.6 Å². The Morgan fingerprint density at radius 3 is 2.24 bits per heavy atom. The van der Waals surface area contributed by atoms with Gasteiger partial charge in [-0.05, 0) is 48.2 Å². The number of hydrogen-bond donors (Lipinski definition) is 1. The summed E-state index contributed by atoms with van der Waals surface area (Å²) in [5.41, 5.74) is 1.24. The van der Waals surface area contributed by atoms with Crippen LogP contribution in [0.15, 0.2) is 47.4 Å². The molecule has 8 heteroatoms. The lowest BCUT2D eigenvalue weighted by atomic mass is 9.77. The molecule has 0 aromatic heterocycles. The lowest BCUT2D eigenvalue weighted by Crippen LogP contribution is -2.42. The number of fused-ring (bicyclic) bond motifs is 1. The molecule has 4 rings (SSSR count). The van der Waals surface area contributed by atoms with Gasteiger partial charge in [0.15, 0.2) is 11.5 Å². The second kappa shape index (κ2) is 9.73. The summed E-state index contributed by atoms with van der Waals surface area (Å²) in [5.74, 6) is 1.41. The SMILES string of the molecule is CCN(CC)S(=O)(=O)c1ccc(CNC(=O)C2(c3ccc4c(c3)OCCO4)CCCC2)cc1. The van der Waals surface area contributed by atoms with E-state index in [2.05, 4.69) is 5.32 Å². The predicted molar refractivity (Wildman–Crippen MR) is 126 cm³/mol. The van der Waals surface area contributed by atoms with Crippen LogP contribution in [0.5, 0.6) is 11.5 Å². The zero-order chi connectivity index (χ0) is 23.5. The highest BCUT2D eigenvalue weighted by Gasteiger charge is 2.43. The minimum absolute atomic E-state index is 0.00323. The lowest BCUT2D eigenvalue weighted by molar-refractivity contribution is -0.126. The van der Waals surface area contributed by atoms with E-state index in [0.29, 0.717) is 38.6 Å². The maximum atomic E-state index is 13.4. The number of amides is 1. The van der Waals surface area contributed by atoms with Gasteiger partial charge in [-0.3, -0.25) is 4.79 Å². The number of benzene rings is 2. The predicted octanol–water partition coefficient (Wildman–Crippen LogP) is 3.62. The van der Waals surface area contributed by atoms with Crippen LogP contribution in [-0.2, 0) is 26.8 Å². The molecule has 0 atom stereocenters. The Morgan fingerprint density at radius 1 is 0.970 bits per heavy atom. The average Bonchev–Trinajstić information content (AvgIpc) is 3.34. The first-order valence-corrected chi connectivity index (χ1v) is 13.1. The standard InChI is InChI=1S/C25H32N2O5S/c1-3-27(4-2)33(29,30)21-10-7-19(8-11-21)18-26-24(28)25(13-5-6-14-25)20-9-12-22-23(17-20)32-16-15-31-22/h7-12,17H,3-6,13-16,18H2,1-2H3,(H,26,28). The topological polar surface area (TPSA) is 84.9 Å². The normalized spacial score (nSPS) is 17.2. The van der Waals surface area contributed by atoms with E-state index in [-0.39, 0.29) is 10.8 Å². The fourth-order valence-corrected chi connectivity index (χ4v) is 6.27. The van der Waals surface area contributed by atoms with E-state index < -0.39 is 15.4 Å². The summed E-state index contributed by atoms with van der Waals surface area (Å²) in [5, 5.41) is 3.09. The number of carbonyl (C=O) groups excluding carboxylic acids is 1. The zero-order valence-corrected chi connectivity index (χ0v) is 20.1. The highest BCUT2D eigenvalue weighted by atomic mass is 32.2. The zero-order valence-electron chi connectivity index (χ0n) is 19.3. The Kier molecular flexibility index (Phi) is 6.95. The van der Waals surface area contributed by atoms with Gasteiger partial charge in [-0.2, -0.15) is 4.31 Å². The number of sulfonamides is 1. The minimum Gasteiger partial charge on any atom is -0.486 e. The Hall–Kier alpha value is -2.58. The molecule has 1 fully saturated rings. The maximum Gasteiger partial charge on any atom is 0.243 e. The van der Waals surface area contributed by atoms with Gasteiger partial charge in [0.05, 0.1) is 10.3 Å². The van der Waals surface area contributed by atoms with Crippen LogP contribution in [0.4, 0.5) is 0 Å². The van der Waals surface area contributed by atoms with Gasteiger partial charge in [-0.15, -0.1) is 0 Å². The van der Waals surface area contributed by atoms with Crippen LogP contribution in [-0.4, -0.2) is 44.9 Å². The third-order valence-corrected chi connectivity index (χ3v) is 8.77. The molecule has 33 heavy (non-hydrogen) atoms. The van der Waals surface area contributed by atoms with Crippen molar-refractivity contribution in [2.24, 2.45) is 0 Å². The van der Waals surface area contributed by atoms with E-state index in [1.54, 1.807) is 24.3 Å². The number of nitrogens with zero attached hydrogens (tertiary/aromatic N) is 1. The molecular formula is C25H32N2O5S. The first-order valence-electron chi connectivity index (χ1n) is 11.7. The van der Waals surface area contributed by atoms with Crippen LogP contribution in [0, 0.1) is 0 Å². The summed E-state index contributed by atoms with van der Waals surface area (Å²) in [4.78, 5) is 13.7. The molecule has 0 radical (unpaired) electrons. The Bertz CT molecular complexity index is 1090. The molecule has 2 aromatic rings. The summed E-state index contributed by atoms with van der Waals surface area (Å²) in [6.07, 6.45) is 3.58. The van der Waals surface area contributed by atoms with Crippen LogP contribution in [0.3, 0.4) is 0 Å². The molecule has 1 saturated carbocycles.